The van der Waals surface area contributed by atoms with E-state index in [1.165, 1.54) is 38.5 Å². The van der Waals surface area contributed by atoms with Gasteiger partial charge in [0.15, 0.2) is 0 Å². The summed E-state index contributed by atoms with van der Waals surface area (Å²) < 4.78 is 0. The zero-order valence-electron chi connectivity index (χ0n) is 11.3. The Bertz CT molecular complexity index is 269. The molecule has 1 unspecified atom stereocenters. The van der Waals surface area contributed by atoms with Crippen molar-refractivity contribution < 1.29 is 4.79 Å². The van der Waals surface area contributed by atoms with Gasteiger partial charge in [-0.1, -0.05) is 20.3 Å². The molecule has 0 aromatic carbocycles. The third-order valence-corrected chi connectivity index (χ3v) is 4.47. The minimum absolute atomic E-state index is 0.299. The number of carbonyl (C=O) groups excluding carboxylic acids is 1. The second kappa shape index (κ2) is 5.38. The second-order valence-corrected chi connectivity index (χ2v) is 6.26. The normalized spacial score (nSPS) is 28.4. The van der Waals surface area contributed by atoms with Gasteiger partial charge >= 0.3 is 0 Å². The summed E-state index contributed by atoms with van der Waals surface area (Å²) in [5, 5.41) is 3.48. The maximum absolute atomic E-state index is 12.0. The van der Waals surface area contributed by atoms with E-state index in [-0.39, 0.29) is 0 Å². The molecule has 2 rings (SSSR count). The fraction of sp³-hybridized carbons (Fsp3) is 0.929. The lowest BCUT2D eigenvalue weighted by molar-refractivity contribution is -0.131. The van der Waals surface area contributed by atoms with Gasteiger partial charge in [-0.15, -0.1) is 0 Å². The van der Waals surface area contributed by atoms with Crippen molar-refractivity contribution in [3.8, 4) is 0 Å². The first-order valence-corrected chi connectivity index (χ1v) is 7.11. The Hall–Kier alpha value is -0.570. The Morgan fingerprint density at radius 2 is 1.94 bits per heavy atom. The SMILES string of the molecule is CC1(C)CCCC1NCC(=O)N1CCCCC1. The van der Waals surface area contributed by atoms with Gasteiger partial charge in [-0.05, 0) is 37.5 Å². The third kappa shape index (κ3) is 3.21. The first-order chi connectivity index (χ1) is 8.09. The van der Waals surface area contributed by atoms with Crippen LogP contribution in [-0.2, 0) is 4.79 Å². The van der Waals surface area contributed by atoms with Crippen molar-refractivity contribution in [2.24, 2.45) is 5.41 Å². The van der Waals surface area contributed by atoms with E-state index in [0.29, 0.717) is 23.9 Å². The summed E-state index contributed by atoms with van der Waals surface area (Å²) in [4.78, 5) is 14.1. The number of amides is 1. The van der Waals surface area contributed by atoms with E-state index in [2.05, 4.69) is 19.2 Å². The highest BCUT2D eigenvalue weighted by molar-refractivity contribution is 5.78. The summed E-state index contributed by atoms with van der Waals surface area (Å²) in [6.07, 6.45) is 7.44. The summed E-state index contributed by atoms with van der Waals surface area (Å²) in [5.74, 6) is 0.299. The molecule has 0 aromatic heterocycles. The van der Waals surface area contributed by atoms with Crippen LogP contribution in [0.5, 0.6) is 0 Å². The Labute approximate surface area is 105 Å². The van der Waals surface area contributed by atoms with Gasteiger partial charge in [-0.3, -0.25) is 4.79 Å². The van der Waals surface area contributed by atoms with Crippen LogP contribution in [0.2, 0.25) is 0 Å². The number of nitrogens with one attached hydrogen (secondary N) is 1. The number of nitrogens with zero attached hydrogens (tertiary/aromatic N) is 1. The molecule has 98 valence electrons. The maximum atomic E-state index is 12.0. The summed E-state index contributed by atoms with van der Waals surface area (Å²) in [7, 11) is 0. The predicted molar refractivity (Wildman–Crippen MR) is 69.9 cm³/mol. The van der Waals surface area contributed by atoms with Gasteiger partial charge in [0.05, 0.1) is 6.54 Å². The number of rotatable bonds is 3. The van der Waals surface area contributed by atoms with Gasteiger partial charge in [0.25, 0.3) is 0 Å². The van der Waals surface area contributed by atoms with Crippen molar-refractivity contribution in [1.29, 1.82) is 0 Å². The molecule has 0 spiro atoms. The zero-order valence-corrected chi connectivity index (χ0v) is 11.3. The van der Waals surface area contributed by atoms with Gasteiger partial charge in [-0.2, -0.15) is 0 Å². The average molecular weight is 238 g/mol. The van der Waals surface area contributed by atoms with Crippen molar-refractivity contribution in [1.82, 2.24) is 10.2 Å². The second-order valence-electron chi connectivity index (χ2n) is 6.26. The molecule has 17 heavy (non-hydrogen) atoms. The molecule has 1 atom stereocenters. The quantitative estimate of drug-likeness (QED) is 0.817. The molecule has 1 aliphatic carbocycles. The van der Waals surface area contributed by atoms with Crippen molar-refractivity contribution in [3.05, 3.63) is 0 Å². The van der Waals surface area contributed by atoms with Gasteiger partial charge in [-0.25, -0.2) is 0 Å². The standard InChI is InChI=1S/C14H26N2O/c1-14(2)8-6-7-12(14)15-11-13(17)16-9-4-3-5-10-16/h12,15H,3-11H2,1-2H3. The minimum atomic E-state index is 0.299. The highest BCUT2D eigenvalue weighted by atomic mass is 16.2. The molecule has 3 heteroatoms. The monoisotopic (exact) mass is 238 g/mol. The van der Waals surface area contributed by atoms with E-state index >= 15 is 0 Å². The Balaban J connectivity index is 1.75. The summed E-state index contributed by atoms with van der Waals surface area (Å²) >= 11 is 0. The average Bonchev–Trinajstić information content (AvgIpc) is 2.66. The van der Waals surface area contributed by atoms with Gasteiger partial charge < -0.3 is 10.2 Å². The maximum Gasteiger partial charge on any atom is 0.236 e. The van der Waals surface area contributed by atoms with Gasteiger partial charge in [0, 0.05) is 19.1 Å². The van der Waals surface area contributed by atoms with Crippen LogP contribution in [0.25, 0.3) is 0 Å². The van der Waals surface area contributed by atoms with Gasteiger partial charge in [0.1, 0.15) is 0 Å². The lowest BCUT2D eigenvalue weighted by atomic mass is 9.87. The van der Waals surface area contributed by atoms with Crippen LogP contribution in [0.4, 0.5) is 0 Å². The molecule has 1 N–H and O–H groups in total. The highest BCUT2D eigenvalue weighted by Crippen LogP contribution is 2.36. The number of piperidine rings is 1. The summed E-state index contributed by atoms with van der Waals surface area (Å²) in [6.45, 7) is 7.09. The summed E-state index contributed by atoms with van der Waals surface area (Å²) in [6, 6.07) is 0.524. The molecule has 1 saturated carbocycles. The van der Waals surface area contributed by atoms with E-state index in [4.69, 9.17) is 0 Å². The third-order valence-electron chi connectivity index (χ3n) is 4.47. The molecule has 1 aliphatic heterocycles. The molecule has 2 fully saturated rings. The van der Waals surface area contributed by atoms with E-state index in [0.717, 1.165) is 13.1 Å². The van der Waals surface area contributed by atoms with Crippen LogP contribution in [0, 0.1) is 5.41 Å². The predicted octanol–water partition coefficient (Wildman–Crippen LogP) is 2.17. The first-order valence-electron chi connectivity index (χ1n) is 7.11. The molecule has 1 saturated heterocycles. The zero-order chi connectivity index (χ0) is 12.3. The molecular formula is C14H26N2O. The largest absolute Gasteiger partial charge is 0.342 e. The lowest BCUT2D eigenvalue weighted by Gasteiger charge is -2.30. The van der Waals surface area contributed by atoms with Crippen molar-refractivity contribution in [3.63, 3.8) is 0 Å². The fourth-order valence-electron chi connectivity index (χ4n) is 3.17. The Morgan fingerprint density at radius 1 is 1.24 bits per heavy atom. The Kier molecular flexibility index (Phi) is 4.08. The number of hydrogen-bond acceptors (Lipinski definition) is 2. The number of carbonyl (C=O) groups is 1. The van der Waals surface area contributed by atoms with Crippen LogP contribution in [-0.4, -0.2) is 36.5 Å². The van der Waals surface area contributed by atoms with Crippen LogP contribution >= 0.6 is 0 Å². The molecule has 0 bridgehead atoms. The smallest absolute Gasteiger partial charge is 0.236 e. The summed E-state index contributed by atoms with van der Waals surface area (Å²) in [5.41, 5.74) is 0.363. The molecule has 1 amide bonds. The lowest BCUT2D eigenvalue weighted by Crippen LogP contribution is -2.46. The van der Waals surface area contributed by atoms with Gasteiger partial charge in [0.2, 0.25) is 5.91 Å². The molecular weight excluding hydrogens is 212 g/mol. The number of hydrogen-bond donors (Lipinski definition) is 1. The molecule has 2 aliphatic rings. The van der Waals surface area contributed by atoms with Crippen LogP contribution in [0.15, 0.2) is 0 Å². The van der Waals surface area contributed by atoms with E-state index < -0.39 is 0 Å². The number of likely N-dealkylation sites (tertiary alicyclic amines) is 1. The highest BCUT2D eigenvalue weighted by Gasteiger charge is 2.34. The molecule has 1 heterocycles. The molecule has 0 radical (unpaired) electrons. The van der Waals surface area contributed by atoms with Crippen LogP contribution in [0.3, 0.4) is 0 Å². The van der Waals surface area contributed by atoms with Crippen molar-refractivity contribution in [2.45, 2.75) is 58.4 Å². The minimum Gasteiger partial charge on any atom is -0.342 e. The van der Waals surface area contributed by atoms with E-state index in [9.17, 15) is 4.79 Å². The molecule has 3 nitrogen and oxygen atoms in total. The van der Waals surface area contributed by atoms with Crippen LogP contribution in [0.1, 0.15) is 52.4 Å². The van der Waals surface area contributed by atoms with E-state index in [1.807, 2.05) is 4.90 Å². The molecule has 0 aromatic rings. The topological polar surface area (TPSA) is 32.3 Å². The van der Waals surface area contributed by atoms with Crippen LogP contribution < -0.4 is 5.32 Å². The van der Waals surface area contributed by atoms with Crippen molar-refractivity contribution in [2.75, 3.05) is 19.6 Å². The Morgan fingerprint density at radius 3 is 2.53 bits per heavy atom. The van der Waals surface area contributed by atoms with Crippen molar-refractivity contribution >= 4 is 5.91 Å². The first kappa shape index (κ1) is 12.9. The fourth-order valence-corrected chi connectivity index (χ4v) is 3.17. The van der Waals surface area contributed by atoms with E-state index in [1.54, 1.807) is 0 Å².